The Kier molecular flexibility index (Phi) is 42.8. The molecule has 0 saturated carbocycles. The van der Waals surface area contributed by atoms with Crippen LogP contribution in [0.25, 0.3) is 0 Å². The van der Waals surface area contributed by atoms with E-state index in [4.69, 9.17) is 14.2 Å². The number of rotatable bonds is 47. The van der Waals surface area contributed by atoms with Gasteiger partial charge in [-0.3, -0.25) is 9.59 Å². The second kappa shape index (κ2) is 44.4. The molecule has 0 amide bonds. The lowest BCUT2D eigenvalue weighted by atomic mass is 10.0. The van der Waals surface area contributed by atoms with Crippen molar-refractivity contribution >= 4 is 17.9 Å². The van der Waals surface area contributed by atoms with Crippen LogP contribution in [0.2, 0.25) is 0 Å². The summed E-state index contributed by atoms with van der Waals surface area (Å²) in [6, 6.07) is -0.614. The smallest absolute Gasteiger partial charge is 0.362 e. The molecule has 0 radical (unpaired) electrons. The Balaban J connectivity index is 4.22. The fourth-order valence-electron chi connectivity index (χ4n) is 7.79. The summed E-state index contributed by atoms with van der Waals surface area (Å²) in [5.74, 6) is -1.46. The van der Waals surface area contributed by atoms with E-state index in [1.165, 1.54) is 173 Å². The third-order valence-corrected chi connectivity index (χ3v) is 11.8. The highest BCUT2D eigenvalue weighted by atomic mass is 16.6. The molecule has 0 heterocycles. The van der Waals surface area contributed by atoms with Crippen LogP contribution >= 0.6 is 0 Å². The van der Waals surface area contributed by atoms with Gasteiger partial charge in [0.2, 0.25) is 0 Å². The lowest BCUT2D eigenvalue weighted by Crippen LogP contribution is -2.50. The van der Waals surface area contributed by atoms with Gasteiger partial charge in [-0.1, -0.05) is 186 Å². The number of nitrogens with zero attached hydrogens (tertiary/aromatic N) is 1. The molecule has 358 valence electrons. The number of ether oxygens (including phenoxy) is 3. The molecule has 61 heavy (non-hydrogen) atoms. The van der Waals surface area contributed by atoms with E-state index in [-0.39, 0.29) is 36.2 Å². The zero-order chi connectivity index (χ0) is 44.9. The summed E-state index contributed by atoms with van der Waals surface area (Å²) in [6.07, 6.45) is 50.8. The van der Waals surface area contributed by atoms with Gasteiger partial charge < -0.3 is 23.8 Å². The molecule has 0 aliphatic heterocycles. The Morgan fingerprint density at radius 1 is 0.475 bits per heavy atom. The van der Waals surface area contributed by atoms with Crippen LogP contribution in [0.3, 0.4) is 0 Å². The van der Waals surface area contributed by atoms with Crippen molar-refractivity contribution in [3.05, 3.63) is 24.3 Å². The van der Waals surface area contributed by atoms with Crippen LogP contribution in [-0.4, -0.2) is 80.6 Å². The van der Waals surface area contributed by atoms with Crippen molar-refractivity contribution < 1.29 is 38.2 Å². The number of esters is 2. The highest BCUT2D eigenvalue weighted by Crippen LogP contribution is 2.16. The molecule has 0 aliphatic carbocycles. The van der Waals surface area contributed by atoms with E-state index in [0.717, 1.165) is 38.5 Å². The molecule has 0 bridgehead atoms. The van der Waals surface area contributed by atoms with Crippen LogP contribution < -0.4 is 0 Å². The van der Waals surface area contributed by atoms with E-state index in [9.17, 15) is 19.5 Å². The van der Waals surface area contributed by atoms with Crippen molar-refractivity contribution in [1.82, 2.24) is 0 Å². The van der Waals surface area contributed by atoms with Crippen molar-refractivity contribution in [1.29, 1.82) is 0 Å². The molecule has 2 atom stereocenters. The first-order valence-corrected chi connectivity index (χ1v) is 25.9. The highest BCUT2D eigenvalue weighted by molar-refractivity contribution is 5.72. The second-order valence-corrected chi connectivity index (χ2v) is 18.8. The van der Waals surface area contributed by atoms with Gasteiger partial charge in [-0.05, 0) is 64.2 Å². The van der Waals surface area contributed by atoms with Crippen LogP contribution in [-0.2, 0) is 28.6 Å². The van der Waals surface area contributed by atoms with Gasteiger partial charge in [0.15, 0.2) is 12.1 Å². The fourth-order valence-corrected chi connectivity index (χ4v) is 7.79. The van der Waals surface area contributed by atoms with Crippen molar-refractivity contribution in [2.45, 2.75) is 257 Å². The monoisotopic (exact) mass is 863 g/mol. The Hall–Kier alpha value is -2.19. The van der Waals surface area contributed by atoms with Gasteiger partial charge >= 0.3 is 17.9 Å². The number of carboxylic acids is 1. The van der Waals surface area contributed by atoms with Crippen LogP contribution in [0, 0.1) is 0 Å². The Morgan fingerprint density at radius 2 is 0.820 bits per heavy atom. The molecular formula is C53H100NO7+. The summed E-state index contributed by atoms with van der Waals surface area (Å²) in [5, 5.41) is 9.65. The van der Waals surface area contributed by atoms with Crippen LogP contribution in [0.15, 0.2) is 24.3 Å². The van der Waals surface area contributed by atoms with Gasteiger partial charge in [0.25, 0.3) is 0 Å². The van der Waals surface area contributed by atoms with Crippen molar-refractivity contribution in [2.24, 2.45) is 0 Å². The van der Waals surface area contributed by atoms with E-state index >= 15 is 0 Å². The van der Waals surface area contributed by atoms with Gasteiger partial charge in [-0.15, -0.1) is 0 Å². The Bertz CT molecular complexity index is 1050. The third-order valence-electron chi connectivity index (χ3n) is 11.8. The molecule has 0 saturated heterocycles. The lowest BCUT2D eigenvalue weighted by Gasteiger charge is -2.31. The van der Waals surface area contributed by atoms with E-state index in [1.54, 1.807) is 0 Å². The first-order chi connectivity index (χ1) is 29.6. The maximum absolute atomic E-state index is 12.8. The number of unbranched alkanes of at least 4 members (excludes halogenated alkanes) is 29. The summed E-state index contributed by atoms with van der Waals surface area (Å²) in [7, 11) is 5.54. The SMILES string of the molecule is CCCCCC/C=C/CCCCCCCCCC(=O)OCC(COCCC(C(=O)O)[N+](C)(C)C)OC(=O)CCCCCCCCC/C=C/CCCCCCCCCCCCC. The standard InChI is InChI=1S/C53H99NO7/c1-6-8-10-12-14-16-18-20-22-23-24-25-26-27-28-30-32-34-36-38-40-42-44-52(56)61-49(47-59-46-45-50(53(57)58)54(3,4)5)48-60-51(55)43-41-39-37-35-33-31-29-21-19-17-15-13-11-9-7-2/h17,19,26-27,49-50H,6-16,18,20-25,28-48H2,1-5H3/p+1/b19-17+,27-26+. The summed E-state index contributed by atoms with van der Waals surface area (Å²) in [5.41, 5.74) is 0. The number of likely N-dealkylation sites (N-methyl/N-ethyl adjacent to an activating group) is 1. The predicted molar refractivity (Wildman–Crippen MR) is 257 cm³/mol. The zero-order valence-corrected chi connectivity index (χ0v) is 40.9. The molecule has 8 nitrogen and oxygen atoms in total. The van der Waals surface area contributed by atoms with Gasteiger partial charge in [0, 0.05) is 19.3 Å². The molecular weight excluding hydrogens is 763 g/mol. The molecule has 1 N–H and O–H groups in total. The maximum Gasteiger partial charge on any atom is 0.362 e. The molecule has 0 aliphatic rings. The number of aliphatic carboxylic acids is 1. The van der Waals surface area contributed by atoms with E-state index in [2.05, 4.69) is 38.2 Å². The van der Waals surface area contributed by atoms with Gasteiger partial charge in [0.05, 0.1) is 34.4 Å². The third kappa shape index (κ3) is 42.9. The molecule has 0 fully saturated rings. The average molecular weight is 863 g/mol. The number of carbonyl (C=O) groups excluding carboxylic acids is 2. The highest BCUT2D eigenvalue weighted by Gasteiger charge is 2.31. The molecule has 8 heteroatoms. The summed E-state index contributed by atoms with van der Waals surface area (Å²) in [6.45, 7) is 4.75. The topological polar surface area (TPSA) is 99.1 Å². The molecule has 2 unspecified atom stereocenters. The molecule has 0 aromatic carbocycles. The first-order valence-electron chi connectivity index (χ1n) is 25.9. The molecule has 0 spiro atoms. The van der Waals surface area contributed by atoms with Gasteiger partial charge in [-0.2, -0.15) is 0 Å². The number of quaternary nitrogens is 1. The van der Waals surface area contributed by atoms with E-state index in [0.29, 0.717) is 19.3 Å². The van der Waals surface area contributed by atoms with E-state index in [1.807, 2.05) is 21.1 Å². The maximum atomic E-state index is 12.8. The Morgan fingerprint density at radius 3 is 1.20 bits per heavy atom. The number of hydrogen-bond acceptors (Lipinski definition) is 6. The van der Waals surface area contributed by atoms with Crippen LogP contribution in [0.5, 0.6) is 0 Å². The number of hydrogen-bond donors (Lipinski definition) is 1. The number of carboxylic acid groups (broad SMARTS) is 1. The largest absolute Gasteiger partial charge is 0.477 e. The van der Waals surface area contributed by atoms with Gasteiger partial charge in [0.1, 0.15) is 6.61 Å². The molecule has 0 aromatic heterocycles. The summed E-state index contributed by atoms with van der Waals surface area (Å²) < 4.78 is 17.4. The summed E-state index contributed by atoms with van der Waals surface area (Å²) >= 11 is 0. The van der Waals surface area contributed by atoms with Crippen LogP contribution in [0.4, 0.5) is 0 Å². The van der Waals surface area contributed by atoms with Crippen molar-refractivity contribution in [3.63, 3.8) is 0 Å². The normalized spacial score (nSPS) is 13.0. The van der Waals surface area contributed by atoms with Crippen molar-refractivity contribution in [2.75, 3.05) is 41.0 Å². The minimum atomic E-state index is -0.874. The Labute approximate surface area is 377 Å². The quantitative estimate of drug-likeness (QED) is 0.0281. The lowest BCUT2D eigenvalue weighted by molar-refractivity contribution is -0.887. The van der Waals surface area contributed by atoms with Gasteiger partial charge in [-0.25, -0.2) is 4.79 Å². The number of allylic oxidation sites excluding steroid dienone is 4. The van der Waals surface area contributed by atoms with E-state index < -0.39 is 18.1 Å². The summed E-state index contributed by atoms with van der Waals surface area (Å²) in [4.78, 5) is 37.1. The van der Waals surface area contributed by atoms with Crippen LogP contribution in [0.1, 0.15) is 245 Å². The van der Waals surface area contributed by atoms with Crippen molar-refractivity contribution in [3.8, 4) is 0 Å². The minimum Gasteiger partial charge on any atom is -0.477 e. The zero-order valence-electron chi connectivity index (χ0n) is 40.9. The number of carbonyl (C=O) groups is 3. The fraction of sp³-hybridized carbons (Fsp3) is 0.868. The second-order valence-electron chi connectivity index (χ2n) is 18.8. The minimum absolute atomic E-state index is 0.0516. The first kappa shape index (κ1) is 58.8. The predicted octanol–water partition coefficient (Wildman–Crippen LogP) is 14.8. The molecule has 0 aromatic rings. The average Bonchev–Trinajstić information content (AvgIpc) is 3.22. The molecule has 0 rings (SSSR count).